The average Bonchev–Trinajstić information content (AvgIpc) is 2.75. The van der Waals surface area contributed by atoms with Gasteiger partial charge in [0.05, 0.1) is 24.0 Å². The van der Waals surface area contributed by atoms with Gasteiger partial charge in [-0.3, -0.25) is 4.79 Å². The summed E-state index contributed by atoms with van der Waals surface area (Å²) in [6, 6.07) is 6.56. The molecule has 0 aromatic heterocycles. The second kappa shape index (κ2) is 5.98. The highest BCUT2D eigenvalue weighted by molar-refractivity contribution is 7.89. The molecule has 0 bridgehead atoms. The summed E-state index contributed by atoms with van der Waals surface area (Å²) in [5, 5.41) is 10.4. The van der Waals surface area contributed by atoms with Gasteiger partial charge in [0, 0.05) is 19.0 Å². The van der Waals surface area contributed by atoms with Gasteiger partial charge in [-0.05, 0) is 26.0 Å². The van der Waals surface area contributed by atoms with Crippen LogP contribution < -0.4 is 0 Å². The van der Waals surface area contributed by atoms with E-state index >= 15 is 0 Å². The van der Waals surface area contributed by atoms with Gasteiger partial charge in [0.1, 0.15) is 0 Å². The Kier molecular flexibility index (Phi) is 4.60. The molecule has 7 heteroatoms. The molecule has 6 nitrogen and oxygen atoms in total. The van der Waals surface area contributed by atoms with Gasteiger partial charge in [-0.25, -0.2) is 8.42 Å². The molecule has 0 radical (unpaired) electrons. The summed E-state index contributed by atoms with van der Waals surface area (Å²) in [4.78, 5) is 11.6. The monoisotopic (exact) mass is 327 g/mol. The highest BCUT2D eigenvalue weighted by Gasteiger charge is 2.46. The first-order valence-corrected chi connectivity index (χ1v) is 8.47. The van der Waals surface area contributed by atoms with Crippen LogP contribution in [-0.2, 0) is 19.6 Å². The van der Waals surface area contributed by atoms with Crippen molar-refractivity contribution < 1.29 is 23.1 Å². The molecule has 0 amide bonds. The largest absolute Gasteiger partial charge is 0.469 e. The van der Waals surface area contributed by atoms with E-state index in [9.17, 15) is 18.3 Å². The van der Waals surface area contributed by atoms with E-state index in [4.69, 9.17) is 0 Å². The van der Waals surface area contributed by atoms with E-state index in [0.717, 1.165) is 5.56 Å². The van der Waals surface area contributed by atoms with Crippen molar-refractivity contribution in [3.63, 3.8) is 0 Å². The number of methoxy groups -OCH3 is 1. The Hall–Kier alpha value is -1.44. The predicted octanol–water partition coefficient (Wildman–Crippen LogP) is 0.930. The number of hydrogen-bond acceptors (Lipinski definition) is 5. The van der Waals surface area contributed by atoms with E-state index < -0.39 is 27.5 Å². The standard InChI is InChI=1S/C15H21NO5S/c1-11-4-6-13(7-5-11)22(19,20)16-9-12(8-14(17)21-3)15(2,18)10-16/h4-7,12,18H,8-10H2,1-3H3/t12-,15-/m1/s1. The van der Waals surface area contributed by atoms with Crippen LogP contribution in [0.25, 0.3) is 0 Å². The van der Waals surface area contributed by atoms with Crippen molar-refractivity contribution >= 4 is 16.0 Å². The summed E-state index contributed by atoms with van der Waals surface area (Å²) in [5.41, 5.74) is -0.290. The quantitative estimate of drug-likeness (QED) is 0.832. The normalized spacial score (nSPS) is 26.1. The number of hydrogen-bond donors (Lipinski definition) is 1. The second-order valence-electron chi connectivity index (χ2n) is 5.94. The Labute approximate surface area is 130 Å². The van der Waals surface area contributed by atoms with Gasteiger partial charge in [0.2, 0.25) is 10.0 Å². The third-order valence-electron chi connectivity index (χ3n) is 4.10. The first-order chi connectivity index (χ1) is 10.2. The number of aryl methyl sites for hydroxylation is 1. The van der Waals surface area contributed by atoms with Gasteiger partial charge in [-0.15, -0.1) is 0 Å². The SMILES string of the molecule is COC(=O)C[C@@H]1CN(S(=O)(=O)c2ccc(C)cc2)C[C@@]1(C)O. The van der Waals surface area contributed by atoms with E-state index in [1.165, 1.54) is 11.4 Å². The zero-order valence-electron chi connectivity index (χ0n) is 12.9. The Morgan fingerprint density at radius 1 is 1.41 bits per heavy atom. The van der Waals surface area contributed by atoms with Crippen LogP contribution in [0.1, 0.15) is 18.9 Å². The fourth-order valence-electron chi connectivity index (χ4n) is 2.60. The maximum absolute atomic E-state index is 12.6. The Morgan fingerprint density at radius 2 is 2.00 bits per heavy atom. The third-order valence-corrected chi connectivity index (χ3v) is 5.93. The number of rotatable bonds is 4. The lowest BCUT2D eigenvalue weighted by atomic mass is 9.90. The van der Waals surface area contributed by atoms with Crippen LogP contribution in [0.2, 0.25) is 0 Å². The molecule has 0 spiro atoms. The predicted molar refractivity (Wildman–Crippen MR) is 80.7 cm³/mol. The maximum atomic E-state index is 12.6. The molecule has 1 heterocycles. The van der Waals surface area contributed by atoms with E-state index in [1.807, 2.05) is 6.92 Å². The van der Waals surface area contributed by atoms with Crippen LogP contribution in [-0.4, -0.2) is 49.6 Å². The molecular formula is C15H21NO5S. The third kappa shape index (κ3) is 3.31. The maximum Gasteiger partial charge on any atom is 0.305 e. The van der Waals surface area contributed by atoms with Gasteiger partial charge >= 0.3 is 5.97 Å². The van der Waals surface area contributed by atoms with Gasteiger partial charge in [0.15, 0.2) is 0 Å². The van der Waals surface area contributed by atoms with Crippen molar-refractivity contribution in [1.29, 1.82) is 0 Å². The molecule has 1 aromatic carbocycles. The highest BCUT2D eigenvalue weighted by atomic mass is 32.2. The molecule has 0 saturated carbocycles. The molecular weight excluding hydrogens is 306 g/mol. The van der Waals surface area contributed by atoms with Crippen LogP contribution in [0, 0.1) is 12.8 Å². The number of sulfonamides is 1. The van der Waals surface area contributed by atoms with Crippen LogP contribution in [0.15, 0.2) is 29.2 Å². The van der Waals surface area contributed by atoms with Crippen LogP contribution in [0.5, 0.6) is 0 Å². The van der Waals surface area contributed by atoms with E-state index in [0.29, 0.717) is 0 Å². The molecule has 122 valence electrons. The summed E-state index contributed by atoms with van der Waals surface area (Å²) in [6.07, 6.45) is -0.0105. The van der Waals surface area contributed by atoms with Crippen molar-refractivity contribution in [2.24, 2.45) is 5.92 Å². The number of β-amino-alcohol motifs (C(OH)–C–C–N with tert-alkyl or cyclic N) is 1. The van der Waals surface area contributed by atoms with Gasteiger partial charge in [0.25, 0.3) is 0 Å². The molecule has 22 heavy (non-hydrogen) atoms. The number of esters is 1. The topological polar surface area (TPSA) is 83.9 Å². The van der Waals surface area contributed by atoms with Gasteiger partial charge < -0.3 is 9.84 Å². The Bertz CT molecular complexity index is 651. The van der Waals surface area contributed by atoms with Crippen LogP contribution >= 0.6 is 0 Å². The first kappa shape index (κ1) is 16.9. The molecule has 1 fully saturated rings. The fourth-order valence-corrected chi connectivity index (χ4v) is 4.19. The molecule has 2 atom stereocenters. The summed E-state index contributed by atoms with van der Waals surface area (Å²) in [5.74, 6) is -0.944. The van der Waals surface area contributed by atoms with Crippen molar-refractivity contribution in [2.45, 2.75) is 30.8 Å². The molecule has 1 aliphatic heterocycles. The van der Waals surface area contributed by atoms with Crippen LogP contribution in [0.3, 0.4) is 0 Å². The smallest absolute Gasteiger partial charge is 0.305 e. The molecule has 0 unspecified atom stereocenters. The van der Waals surface area contributed by atoms with Crippen molar-refractivity contribution in [3.05, 3.63) is 29.8 Å². The Morgan fingerprint density at radius 3 is 2.55 bits per heavy atom. The minimum Gasteiger partial charge on any atom is -0.469 e. The number of nitrogens with zero attached hydrogens (tertiary/aromatic N) is 1. The lowest BCUT2D eigenvalue weighted by molar-refractivity contribution is -0.143. The average molecular weight is 327 g/mol. The van der Waals surface area contributed by atoms with Crippen LogP contribution in [0.4, 0.5) is 0 Å². The Balaban J connectivity index is 2.23. The number of carbonyl (C=O) groups excluding carboxylic acids is 1. The summed E-state index contributed by atoms with van der Waals surface area (Å²) >= 11 is 0. The first-order valence-electron chi connectivity index (χ1n) is 7.03. The van der Waals surface area contributed by atoms with E-state index in [-0.39, 0.29) is 24.4 Å². The molecule has 2 rings (SSSR count). The zero-order valence-corrected chi connectivity index (χ0v) is 13.8. The van der Waals surface area contributed by atoms with Crippen molar-refractivity contribution in [1.82, 2.24) is 4.31 Å². The van der Waals surface area contributed by atoms with Crippen molar-refractivity contribution in [3.8, 4) is 0 Å². The van der Waals surface area contributed by atoms with Crippen molar-refractivity contribution in [2.75, 3.05) is 20.2 Å². The molecule has 1 aliphatic rings. The number of aliphatic hydroxyl groups is 1. The van der Waals surface area contributed by atoms with E-state index in [1.54, 1.807) is 31.2 Å². The van der Waals surface area contributed by atoms with Gasteiger partial charge in [-0.1, -0.05) is 17.7 Å². The summed E-state index contributed by atoms with van der Waals surface area (Å²) in [6.45, 7) is 3.48. The molecule has 1 saturated heterocycles. The minimum absolute atomic E-state index is 0.0105. The number of ether oxygens (including phenoxy) is 1. The number of carbonyl (C=O) groups is 1. The zero-order chi connectivity index (χ0) is 16.5. The van der Waals surface area contributed by atoms with Gasteiger partial charge in [-0.2, -0.15) is 4.31 Å². The second-order valence-corrected chi connectivity index (χ2v) is 7.88. The summed E-state index contributed by atoms with van der Waals surface area (Å²) < 4.78 is 31.1. The highest BCUT2D eigenvalue weighted by Crippen LogP contribution is 2.33. The molecule has 0 aliphatic carbocycles. The summed E-state index contributed by atoms with van der Waals surface area (Å²) in [7, 11) is -2.41. The lowest BCUT2D eigenvalue weighted by Crippen LogP contribution is -2.36. The number of benzene rings is 1. The fraction of sp³-hybridized carbons (Fsp3) is 0.533. The minimum atomic E-state index is -3.68. The molecule has 1 aromatic rings. The van der Waals surface area contributed by atoms with E-state index in [2.05, 4.69) is 4.74 Å². The lowest BCUT2D eigenvalue weighted by Gasteiger charge is -2.23. The molecule has 1 N–H and O–H groups in total.